The van der Waals surface area contributed by atoms with Gasteiger partial charge < -0.3 is 9.73 Å². The number of nitrogens with one attached hydrogen (secondary N) is 2. The molecule has 1 atom stereocenters. The van der Waals surface area contributed by atoms with E-state index in [9.17, 15) is 17.6 Å². The predicted octanol–water partition coefficient (Wildman–Crippen LogP) is 2.84. The van der Waals surface area contributed by atoms with E-state index in [2.05, 4.69) is 21.5 Å². The van der Waals surface area contributed by atoms with Gasteiger partial charge in [0.1, 0.15) is 16.5 Å². The predicted molar refractivity (Wildman–Crippen MR) is 111 cm³/mol. The lowest BCUT2D eigenvalue weighted by atomic mass is 10.1. The van der Waals surface area contributed by atoms with Gasteiger partial charge in [-0.2, -0.15) is 0 Å². The van der Waals surface area contributed by atoms with Crippen molar-refractivity contribution < 1.29 is 22.0 Å². The van der Waals surface area contributed by atoms with Gasteiger partial charge in [0.25, 0.3) is 5.91 Å². The first-order chi connectivity index (χ1) is 14.4. The molecule has 162 valence electrons. The molecule has 2 heterocycles. The molecule has 9 heteroatoms. The molecule has 1 fully saturated rings. The van der Waals surface area contributed by atoms with E-state index in [-0.39, 0.29) is 18.2 Å². The van der Waals surface area contributed by atoms with Crippen molar-refractivity contribution in [3.8, 4) is 0 Å². The second-order valence-electron chi connectivity index (χ2n) is 7.12. The largest absolute Gasteiger partial charge is 0.468 e. The highest BCUT2D eigenvalue weighted by molar-refractivity contribution is 7.89. The lowest BCUT2D eigenvalue weighted by molar-refractivity contribution is 0.0914. The van der Waals surface area contributed by atoms with E-state index in [1.165, 1.54) is 18.6 Å². The third kappa shape index (κ3) is 5.35. The van der Waals surface area contributed by atoms with Crippen LogP contribution >= 0.6 is 0 Å². The van der Waals surface area contributed by atoms with Gasteiger partial charge in [-0.15, -0.1) is 6.58 Å². The van der Waals surface area contributed by atoms with E-state index < -0.39 is 26.6 Å². The maximum Gasteiger partial charge on any atom is 0.251 e. The molecule has 0 bridgehead atoms. The van der Waals surface area contributed by atoms with Crippen LogP contribution in [0.1, 0.15) is 41.4 Å². The minimum atomic E-state index is -4.09. The average Bonchev–Trinajstić information content (AvgIpc) is 3.28. The highest BCUT2D eigenvalue weighted by Gasteiger charge is 2.26. The molecule has 1 amide bonds. The summed E-state index contributed by atoms with van der Waals surface area (Å²) >= 11 is 0. The van der Waals surface area contributed by atoms with Crippen molar-refractivity contribution in [3.05, 3.63) is 66.4 Å². The van der Waals surface area contributed by atoms with Gasteiger partial charge in [-0.3, -0.25) is 9.69 Å². The zero-order valence-electron chi connectivity index (χ0n) is 16.6. The second kappa shape index (κ2) is 10.0. The summed E-state index contributed by atoms with van der Waals surface area (Å²) in [5, 5.41) is 2.83. The van der Waals surface area contributed by atoms with Crippen molar-refractivity contribution in [3.63, 3.8) is 0 Å². The first-order valence-electron chi connectivity index (χ1n) is 9.88. The third-order valence-corrected chi connectivity index (χ3v) is 6.50. The third-order valence-electron chi connectivity index (χ3n) is 5.06. The molecule has 0 spiro atoms. The molecule has 1 aromatic carbocycles. The number of benzene rings is 1. The van der Waals surface area contributed by atoms with Crippen LogP contribution in [0.4, 0.5) is 4.39 Å². The molecule has 1 unspecified atom stereocenters. The number of rotatable bonds is 9. The molecule has 30 heavy (non-hydrogen) atoms. The van der Waals surface area contributed by atoms with E-state index in [1.807, 2.05) is 12.1 Å². The Morgan fingerprint density at radius 3 is 2.70 bits per heavy atom. The molecular weight excluding hydrogens is 409 g/mol. The summed E-state index contributed by atoms with van der Waals surface area (Å²) in [5.41, 5.74) is 0.0622. The molecule has 1 aliphatic heterocycles. The highest BCUT2D eigenvalue weighted by atomic mass is 32.2. The van der Waals surface area contributed by atoms with Crippen molar-refractivity contribution in [2.75, 3.05) is 26.2 Å². The second-order valence-corrected chi connectivity index (χ2v) is 8.86. The van der Waals surface area contributed by atoms with Gasteiger partial charge in [0.2, 0.25) is 10.0 Å². The molecule has 1 saturated heterocycles. The quantitative estimate of drug-likeness (QED) is 0.591. The number of furan rings is 1. The Kier molecular flexibility index (Phi) is 7.41. The Morgan fingerprint density at radius 1 is 1.27 bits per heavy atom. The Balaban J connectivity index is 1.74. The Bertz CT molecular complexity index is 970. The minimum absolute atomic E-state index is 0.0428. The molecule has 2 N–H and O–H groups in total. The lowest BCUT2D eigenvalue weighted by Gasteiger charge is -2.33. The molecule has 1 aliphatic rings. The van der Waals surface area contributed by atoms with Crippen molar-refractivity contribution in [1.82, 2.24) is 14.9 Å². The molecule has 1 aromatic heterocycles. The zero-order valence-corrected chi connectivity index (χ0v) is 17.5. The number of likely N-dealkylation sites (tertiary alicyclic amines) is 1. The average molecular weight is 436 g/mol. The van der Waals surface area contributed by atoms with E-state index in [0.29, 0.717) is 6.54 Å². The number of sulfonamides is 1. The smallest absolute Gasteiger partial charge is 0.251 e. The van der Waals surface area contributed by atoms with Gasteiger partial charge in [0, 0.05) is 18.7 Å². The van der Waals surface area contributed by atoms with Crippen LogP contribution in [-0.4, -0.2) is 45.4 Å². The van der Waals surface area contributed by atoms with Crippen LogP contribution in [-0.2, 0) is 10.0 Å². The highest BCUT2D eigenvalue weighted by Crippen LogP contribution is 2.25. The zero-order chi connectivity index (χ0) is 21.6. The Hall–Kier alpha value is -2.49. The summed E-state index contributed by atoms with van der Waals surface area (Å²) in [6.07, 6.45) is 6.30. The maximum absolute atomic E-state index is 14.1. The van der Waals surface area contributed by atoms with Gasteiger partial charge >= 0.3 is 0 Å². The summed E-state index contributed by atoms with van der Waals surface area (Å²) in [6.45, 7) is 5.50. The van der Waals surface area contributed by atoms with Crippen molar-refractivity contribution in [2.45, 2.75) is 30.2 Å². The monoisotopic (exact) mass is 435 g/mol. The summed E-state index contributed by atoms with van der Waals surface area (Å²) in [5.74, 6) is -0.651. The standard InChI is InChI=1S/C21H26FN3O4S/c1-2-10-24-30(27,28)20-14-16(8-9-17(20)22)21(26)23-15-18(19-7-6-13-29-19)25-11-4-3-5-12-25/h2,6-9,13-14,18,24H,1,3-5,10-12,15H2,(H,23,26). The van der Waals surface area contributed by atoms with Crippen LogP contribution in [0, 0.1) is 5.82 Å². The molecule has 0 saturated carbocycles. The Morgan fingerprint density at radius 2 is 2.03 bits per heavy atom. The van der Waals surface area contributed by atoms with Crippen LogP contribution < -0.4 is 10.0 Å². The van der Waals surface area contributed by atoms with Crippen molar-refractivity contribution in [2.24, 2.45) is 0 Å². The van der Waals surface area contributed by atoms with Gasteiger partial charge in [-0.05, 0) is 56.3 Å². The number of hydrogen-bond donors (Lipinski definition) is 2. The van der Waals surface area contributed by atoms with Crippen LogP contribution in [0.2, 0.25) is 0 Å². The number of hydrogen-bond acceptors (Lipinski definition) is 5. The van der Waals surface area contributed by atoms with Gasteiger partial charge in [-0.1, -0.05) is 12.5 Å². The Labute approximate surface area is 176 Å². The normalized spacial score (nSPS) is 16.2. The molecular formula is C21H26FN3O4S. The molecule has 2 aromatic rings. The fraction of sp³-hybridized carbons (Fsp3) is 0.381. The van der Waals surface area contributed by atoms with Crippen LogP contribution in [0.15, 0.2) is 58.6 Å². The molecule has 0 aliphatic carbocycles. The first-order valence-corrected chi connectivity index (χ1v) is 11.4. The fourth-order valence-corrected chi connectivity index (χ4v) is 4.61. The summed E-state index contributed by atoms with van der Waals surface area (Å²) in [6, 6.07) is 6.84. The number of carbonyl (C=O) groups is 1. The number of piperidine rings is 1. The summed E-state index contributed by atoms with van der Waals surface area (Å²) in [7, 11) is -4.09. The van der Waals surface area contributed by atoms with Gasteiger partial charge in [0.15, 0.2) is 0 Å². The number of halogens is 1. The summed E-state index contributed by atoms with van der Waals surface area (Å²) < 4.78 is 46.4. The van der Waals surface area contributed by atoms with Crippen LogP contribution in [0.5, 0.6) is 0 Å². The minimum Gasteiger partial charge on any atom is -0.468 e. The summed E-state index contributed by atoms with van der Waals surface area (Å²) in [4.78, 5) is 14.4. The SMILES string of the molecule is C=CCNS(=O)(=O)c1cc(C(=O)NCC(c2ccco2)N2CCCCC2)ccc1F. The molecule has 0 radical (unpaired) electrons. The number of carbonyl (C=O) groups excluding carboxylic acids is 1. The lowest BCUT2D eigenvalue weighted by Crippen LogP contribution is -2.40. The molecule has 7 nitrogen and oxygen atoms in total. The van der Waals surface area contributed by atoms with E-state index >= 15 is 0 Å². The maximum atomic E-state index is 14.1. The van der Waals surface area contributed by atoms with Crippen LogP contribution in [0.25, 0.3) is 0 Å². The van der Waals surface area contributed by atoms with Crippen LogP contribution in [0.3, 0.4) is 0 Å². The number of amides is 1. The topological polar surface area (TPSA) is 91.6 Å². The van der Waals surface area contributed by atoms with Gasteiger partial charge in [0.05, 0.1) is 12.3 Å². The first kappa shape index (κ1) is 22.2. The fourth-order valence-electron chi connectivity index (χ4n) is 3.51. The number of nitrogens with zero attached hydrogens (tertiary/aromatic N) is 1. The van der Waals surface area contributed by atoms with E-state index in [1.54, 1.807) is 6.26 Å². The van der Waals surface area contributed by atoms with E-state index in [4.69, 9.17) is 4.42 Å². The van der Waals surface area contributed by atoms with E-state index in [0.717, 1.165) is 43.8 Å². The van der Waals surface area contributed by atoms with Crippen molar-refractivity contribution >= 4 is 15.9 Å². The molecule has 3 rings (SSSR count). The van der Waals surface area contributed by atoms with Crippen molar-refractivity contribution in [1.29, 1.82) is 0 Å². The van der Waals surface area contributed by atoms with Gasteiger partial charge in [-0.25, -0.2) is 17.5 Å².